The summed E-state index contributed by atoms with van der Waals surface area (Å²) < 4.78 is 0. The molecule has 0 saturated carbocycles. The zero-order chi connectivity index (χ0) is 10.4. The van der Waals surface area contributed by atoms with Crippen LogP contribution in [-0.2, 0) is 19.4 Å². The van der Waals surface area contributed by atoms with E-state index in [0.717, 1.165) is 24.4 Å². The molecule has 0 unspecified atom stereocenters. The Morgan fingerprint density at radius 2 is 2.14 bits per heavy atom. The summed E-state index contributed by atoms with van der Waals surface area (Å²) in [4.78, 5) is 5.94. The predicted molar refractivity (Wildman–Crippen MR) is 59.7 cm³/mol. The number of hydrogen-bond donors (Lipinski definition) is 2. The van der Waals surface area contributed by atoms with Gasteiger partial charge in [0.1, 0.15) is 5.01 Å². The first-order valence-electron chi connectivity index (χ1n) is 5.10. The summed E-state index contributed by atoms with van der Waals surface area (Å²) in [5.74, 6) is 0. The number of nitrogens with one attached hydrogen (secondary N) is 1. The van der Waals surface area contributed by atoms with Gasteiger partial charge in [-0.1, -0.05) is 13.8 Å². The highest BCUT2D eigenvalue weighted by molar-refractivity contribution is 7.11. The molecule has 1 heterocycles. The molecule has 2 N–H and O–H groups in total. The van der Waals surface area contributed by atoms with E-state index in [4.69, 9.17) is 5.11 Å². The Bertz CT molecular complexity index is 252. The second kappa shape index (κ2) is 6.11. The lowest BCUT2D eigenvalue weighted by Crippen LogP contribution is -2.17. The number of hydrogen-bond acceptors (Lipinski definition) is 4. The van der Waals surface area contributed by atoms with Crippen molar-refractivity contribution in [2.75, 3.05) is 13.2 Å². The molecule has 3 nitrogen and oxygen atoms in total. The van der Waals surface area contributed by atoms with Crippen molar-refractivity contribution in [3.05, 3.63) is 15.6 Å². The summed E-state index contributed by atoms with van der Waals surface area (Å²) in [7, 11) is 0. The van der Waals surface area contributed by atoms with Gasteiger partial charge in [0, 0.05) is 18.0 Å². The third-order valence-electron chi connectivity index (χ3n) is 2.04. The van der Waals surface area contributed by atoms with Gasteiger partial charge in [-0.15, -0.1) is 11.3 Å². The van der Waals surface area contributed by atoms with Crippen LogP contribution in [0.4, 0.5) is 0 Å². The smallest absolute Gasteiger partial charge is 0.107 e. The van der Waals surface area contributed by atoms with E-state index < -0.39 is 0 Å². The van der Waals surface area contributed by atoms with Gasteiger partial charge in [0.2, 0.25) is 0 Å². The predicted octanol–water partition coefficient (Wildman–Crippen LogP) is 1.35. The first kappa shape index (κ1) is 11.6. The van der Waals surface area contributed by atoms with Crippen LogP contribution in [0.2, 0.25) is 0 Å². The lowest BCUT2D eigenvalue weighted by Gasteiger charge is -1.97. The molecule has 1 aromatic rings. The zero-order valence-electron chi connectivity index (χ0n) is 8.84. The molecule has 0 spiro atoms. The minimum absolute atomic E-state index is 0.187. The molecular formula is C10H18N2OS. The van der Waals surface area contributed by atoms with Gasteiger partial charge < -0.3 is 10.4 Å². The zero-order valence-corrected chi connectivity index (χ0v) is 9.65. The number of aryl methyl sites for hydroxylation is 2. The van der Waals surface area contributed by atoms with Crippen LogP contribution < -0.4 is 5.32 Å². The van der Waals surface area contributed by atoms with Gasteiger partial charge in [0.25, 0.3) is 0 Å². The summed E-state index contributed by atoms with van der Waals surface area (Å²) >= 11 is 1.78. The van der Waals surface area contributed by atoms with Gasteiger partial charge in [0.15, 0.2) is 0 Å². The van der Waals surface area contributed by atoms with E-state index in [9.17, 15) is 0 Å². The van der Waals surface area contributed by atoms with Crippen molar-refractivity contribution in [3.8, 4) is 0 Å². The van der Waals surface area contributed by atoms with Crippen molar-refractivity contribution < 1.29 is 5.11 Å². The molecule has 0 saturated heterocycles. The van der Waals surface area contributed by atoms with E-state index >= 15 is 0 Å². The molecule has 0 atom stereocenters. The van der Waals surface area contributed by atoms with E-state index in [-0.39, 0.29) is 6.61 Å². The molecular weight excluding hydrogens is 196 g/mol. The Labute approximate surface area is 89.2 Å². The standard InChI is InChI=1S/C10H18N2OS/c1-3-8-9(4-2)14-10(12-8)7-11-5-6-13/h11,13H,3-7H2,1-2H3. The van der Waals surface area contributed by atoms with Crippen molar-refractivity contribution in [1.29, 1.82) is 0 Å². The van der Waals surface area contributed by atoms with Crippen LogP contribution in [0.25, 0.3) is 0 Å². The number of aliphatic hydroxyl groups is 1. The maximum atomic E-state index is 8.62. The average molecular weight is 214 g/mol. The van der Waals surface area contributed by atoms with Crippen LogP contribution in [0, 0.1) is 0 Å². The van der Waals surface area contributed by atoms with Crippen LogP contribution in [0.5, 0.6) is 0 Å². The fraction of sp³-hybridized carbons (Fsp3) is 0.700. The number of rotatable bonds is 6. The van der Waals surface area contributed by atoms with E-state index in [1.807, 2.05) is 0 Å². The molecule has 1 aromatic heterocycles. The second-order valence-corrected chi connectivity index (χ2v) is 4.25. The van der Waals surface area contributed by atoms with E-state index in [1.54, 1.807) is 11.3 Å². The van der Waals surface area contributed by atoms with Crippen molar-refractivity contribution in [2.24, 2.45) is 0 Å². The van der Waals surface area contributed by atoms with Crippen molar-refractivity contribution in [3.63, 3.8) is 0 Å². The molecule has 0 aliphatic carbocycles. The highest BCUT2D eigenvalue weighted by atomic mass is 32.1. The summed E-state index contributed by atoms with van der Waals surface area (Å²) in [5.41, 5.74) is 1.23. The highest BCUT2D eigenvalue weighted by Gasteiger charge is 2.06. The van der Waals surface area contributed by atoms with Gasteiger partial charge >= 0.3 is 0 Å². The van der Waals surface area contributed by atoms with Crippen LogP contribution >= 0.6 is 11.3 Å². The molecule has 4 heteroatoms. The van der Waals surface area contributed by atoms with Gasteiger partial charge in [-0.05, 0) is 12.8 Å². The molecule has 80 valence electrons. The van der Waals surface area contributed by atoms with Gasteiger partial charge in [0.05, 0.1) is 12.3 Å². The fourth-order valence-corrected chi connectivity index (χ4v) is 2.41. The number of thiazole rings is 1. The normalized spacial score (nSPS) is 10.8. The quantitative estimate of drug-likeness (QED) is 0.703. The van der Waals surface area contributed by atoms with E-state index in [1.165, 1.54) is 10.6 Å². The van der Waals surface area contributed by atoms with Crippen LogP contribution in [-0.4, -0.2) is 23.2 Å². The Kier molecular flexibility index (Phi) is 5.07. The van der Waals surface area contributed by atoms with Crippen LogP contribution in [0.3, 0.4) is 0 Å². The van der Waals surface area contributed by atoms with E-state index in [2.05, 4.69) is 24.1 Å². The number of aromatic nitrogens is 1. The SMILES string of the molecule is CCc1nc(CNCCO)sc1CC. The Morgan fingerprint density at radius 1 is 1.36 bits per heavy atom. The highest BCUT2D eigenvalue weighted by Crippen LogP contribution is 2.19. The minimum Gasteiger partial charge on any atom is -0.395 e. The monoisotopic (exact) mass is 214 g/mol. The summed E-state index contributed by atoms with van der Waals surface area (Å²) in [6.07, 6.45) is 2.08. The largest absolute Gasteiger partial charge is 0.395 e. The van der Waals surface area contributed by atoms with Crippen LogP contribution in [0.1, 0.15) is 29.4 Å². The third kappa shape index (κ3) is 3.04. The third-order valence-corrected chi connectivity index (χ3v) is 3.29. The van der Waals surface area contributed by atoms with Crippen LogP contribution in [0.15, 0.2) is 0 Å². The molecule has 0 fully saturated rings. The average Bonchev–Trinajstić information content (AvgIpc) is 2.61. The lowest BCUT2D eigenvalue weighted by atomic mass is 10.2. The second-order valence-electron chi connectivity index (χ2n) is 3.08. The first-order valence-corrected chi connectivity index (χ1v) is 5.92. The first-order chi connectivity index (χ1) is 6.81. The Hall–Kier alpha value is -0.450. The van der Waals surface area contributed by atoms with Crippen molar-refractivity contribution in [2.45, 2.75) is 33.2 Å². The Balaban J connectivity index is 2.55. The Morgan fingerprint density at radius 3 is 2.64 bits per heavy atom. The molecule has 0 amide bonds. The molecule has 0 aliphatic rings. The maximum absolute atomic E-state index is 8.62. The molecule has 14 heavy (non-hydrogen) atoms. The fourth-order valence-electron chi connectivity index (χ4n) is 1.34. The molecule has 0 radical (unpaired) electrons. The topological polar surface area (TPSA) is 45.2 Å². The number of nitrogens with zero attached hydrogens (tertiary/aromatic N) is 1. The lowest BCUT2D eigenvalue weighted by molar-refractivity contribution is 0.292. The van der Waals surface area contributed by atoms with Gasteiger partial charge in [-0.2, -0.15) is 0 Å². The molecule has 0 aliphatic heterocycles. The number of aliphatic hydroxyl groups excluding tert-OH is 1. The molecule has 1 rings (SSSR count). The minimum atomic E-state index is 0.187. The van der Waals surface area contributed by atoms with E-state index in [0.29, 0.717) is 6.54 Å². The molecule has 0 aromatic carbocycles. The maximum Gasteiger partial charge on any atom is 0.107 e. The van der Waals surface area contributed by atoms with Crippen molar-refractivity contribution in [1.82, 2.24) is 10.3 Å². The summed E-state index contributed by atoms with van der Waals surface area (Å²) in [6.45, 7) is 5.91. The van der Waals surface area contributed by atoms with Gasteiger partial charge in [-0.3, -0.25) is 0 Å². The summed E-state index contributed by atoms with van der Waals surface area (Å²) in [6, 6.07) is 0. The molecule has 0 bridgehead atoms. The van der Waals surface area contributed by atoms with Gasteiger partial charge in [-0.25, -0.2) is 4.98 Å². The van der Waals surface area contributed by atoms with Crippen molar-refractivity contribution >= 4 is 11.3 Å². The summed E-state index contributed by atoms with van der Waals surface area (Å²) in [5, 5.41) is 12.9.